The molecular formula is C22H21BrN4OS2. The summed E-state index contributed by atoms with van der Waals surface area (Å²) in [6.07, 6.45) is 0.831. The number of rotatable bonds is 7. The average molecular weight is 501 g/mol. The molecule has 1 unspecified atom stereocenters. The number of thiazole rings is 1. The number of nitrogens with zero attached hydrogens (tertiary/aromatic N) is 3. The SMILES string of the molecule is CC(C)Cc1ccc(C#N)c(SC(C)C(=O)Nc2nc(-c3ccc(Br)cc3)cs2)n1. The van der Waals surface area contributed by atoms with Gasteiger partial charge in [0.15, 0.2) is 5.13 Å². The number of thioether (sulfide) groups is 1. The number of hydrogen-bond acceptors (Lipinski definition) is 6. The van der Waals surface area contributed by atoms with Gasteiger partial charge >= 0.3 is 0 Å². The number of benzene rings is 1. The third-order valence-electron chi connectivity index (χ3n) is 4.19. The molecule has 154 valence electrons. The lowest BCUT2D eigenvalue weighted by Crippen LogP contribution is -2.22. The minimum absolute atomic E-state index is 0.170. The summed E-state index contributed by atoms with van der Waals surface area (Å²) in [5, 5.41) is 14.9. The molecule has 0 fully saturated rings. The molecule has 2 heterocycles. The first kappa shape index (κ1) is 22.5. The monoisotopic (exact) mass is 500 g/mol. The van der Waals surface area contributed by atoms with Gasteiger partial charge in [0.2, 0.25) is 5.91 Å². The summed E-state index contributed by atoms with van der Waals surface area (Å²) in [7, 11) is 0. The van der Waals surface area contributed by atoms with Crippen LogP contribution >= 0.6 is 39.0 Å². The Morgan fingerprint density at radius 1 is 1.20 bits per heavy atom. The highest BCUT2D eigenvalue weighted by molar-refractivity contribution is 9.10. The van der Waals surface area contributed by atoms with Gasteiger partial charge in [0.25, 0.3) is 0 Å². The van der Waals surface area contributed by atoms with Crippen LogP contribution in [0.25, 0.3) is 11.3 Å². The molecule has 1 aromatic carbocycles. The van der Waals surface area contributed by atoms with Gasteiger partial charge < -0.3 is 5.32 Å². The van der Waals surface area contributed by atoms with Crippen LogP contribution in [0.3, 0.4) is 0 Å². The lowest BCUT2D eigenvalue weighted by atomic mass is 10.1. The summed E-state index contributed by atoms with van der Waals surface area (Å²) in [5.74, 6) is 0.297. The zero-order valence-electron chi connectivity index (χ0n) is 16.8. The molecule has 2 aromatic heterocycles. The molecule has 5 nitrogen and oxygen atoms in total. The zero-order valence-corrected chi connectivity index (χ0v) is 20.1. The Kier molecular flexibility index (Phi) is 7.64. The molecule has 0 aliphatic carbocycles. The maximum Gasteiger partial charge on any atom is 0.239 e. The smallest absolute Gasteiger partial charge is 0.239 e. The first-order valence-electron chi connectivity index (χ1n) is 9.44. The molecule has 1 atom stereocenters. The second-order valence-electron chi connectivity index (χ2n) is 7.16. The molecule has 0 aliphatic rings. The molecule has 0 saturated heterocycles. The molecule has 30 heavy (non-hydrogen) atoms. The van der Waals surface area contributed by atoms with Gasteiger partial charge in [-0.25, -0.2) is 9.97 Å². The predicted molar refractivity (Wildman–Crippen MR) is 127 cm³/mol. The van der Waals surface area contributed by atoms with E-state index in [0.717, 1.165) is 27.8 Å². The number of amides is 1. The lowest BCUT2D eigenvalue weighted by Gasteiger charge is -2.12. The van der Waals surface area contributed by atoms with Crippen LogP contribution < -0.4 is 5.32 Å². The zero-order chi connectivity index (χ0) is 21.7. The number of anilines is 1. The number of nitrogens with one attached hydrogen (secondary N) is 1. The number of halogens is 1. The van der Waals surface area contributed by atoms with E-state index >= 15 is 0 Å². The van der Waals surface area contributed by atoms with E-state index in [1.165, 1.54) is 23.1 Å². The van der Waals surface area contributed by atoms with Crippen LogP contribution in [0.4, 0.5) is 5.13 Å². The Labute approximate surface area is 193 Å². The lowest BCUT2D eigenvalue weighted by molar-refractivity contribution is -0.115. The van der Waals surface area contributed by atoms with Crippen molar-refractivity contribution >= 4 is 50.1 Å². The van der Waals surface area contributed by atoms with E-state index in [2.05, 4.69) is 51.1 Å². The first-order chi connectivity index (χ1) is 14.4. The van der Waals surface area contributed by atoms with E-state index in [-0.39, 0.29) is 5.91 Å². The van der Waals surface area contributed by atoms with Crippen LogP contribution in [0.15, 0.2) is 51.3 Å². The van der Waals surface area contributed by atoms with E-state index in [1.54, 1.807) is 13.0 Å². The van der Waals surface area contributed by atoms with Crippen molar-refractivity contribution in [1.29, 1.82) is 5.26 Å². The van der Waals surface area contributed by atoms with Crippen molar-refractivity contribution < 1.29 is 4.79 Å². The standard InChI is InChI=1S/C22H21BrN4OS2/c1-13(2)10-18-9-6-16(11-24)21(25-18)30-14(3)20(28)27-22-26-19(12-29-22)15-4-7-17(23)8-5-15/h4-9,12-14H,10H2,1-3H3,(H,26,27,28). The van der Waals surface area contributed by atoms with E-state index in [1.807, 2.05) is 35.7 Å². The van der Waals surface area contributed by atoms with Crippen LogP contribution in [-0.4, -0.2) is 21.1 Å². The van der Waals surface area contributed by atoms with Gasteiger partial charge in [0.05, 0.1) is 16.5 Å². The molecule has 0 bridgehead atoms. The van der Waals surface area contributed by atoms with Crippen molar-refractivity contribution in [3.05, 3.63) is 57.5 Å². The highest BCUT2D eigenvalue weighted by Crippen LogP contribution is 2.29. The van der Waals surface area contributed by atoms with Crippen LogP contribution in [0.1, 0.15) is 32.0 Å². The highest BCUT2D eigenvalue weighted by Gasteiger charge is 2.19. The summed E-state index contributed by atoms with van der Waals surface area (Å²) >= 11 is 6.10. The van der Waals surface area contributed by atoms with E-state index in [4.69, 9.17) is 0 Å². The Hall–Kier alpha value is -2.21. The molecule has 8 heteroatoms. The summed E-state index contributed by atoms with van der Waals surface area (Å²) in [5.41, 5.74) is 3.22. The molecular weight excluding hydrogens is 480 g/mol. The molecule has 3 aromatic rings. The molecule has 0 spiro atoms. The third kappa shape index (κ3) is 5.91. The largest absolute Gasteiger partial charge is 0.301 e. The topological polar surface area (TPSA) is 78.7 Å². The molecule has 1 amide bonds. The van der Waals surface area contributed by atoms with E-state index < -0.39 is 5.25 Å². The Balaban J connectivity index is 1.68. The van der Waals surface area contributed by atoms with Crippen LogP contribution in [0.5, 0.6) is 0 Å². The summed E-state index contributed by atoms with van der Waals surface area (Å²) in [6.45, 7) is 6.06. The van der Waals surface area contributed by atoms with Gasteiger partial charge in [-0.05, 0) is 43.5 Å². The van der Waals surface area contributed by atoms with Crippen molar-refractivity contribution in [1.82, 2.24) is 9.97 Å². The van der Waals surface area contributed by atoms with E-state index in [9.17, 15) is 10.1 Å². The second-order valence-corrected chi connectivity index (χ2v) is 10.3. The normalized spacial score (nSPS) is 11.9. The fourth-order valence-electron chi connectivity index (χ4n) is 2.70. The first-order valence-corrected chi connectivity index (χ1v) is 12.0. The van der Waals surface area contributed by atoms with Crippen LogP contribution in [0.2, 0.25) is 0 Å². The number of hydrogen-bond donors (Lipinski definition) is 1. The fourth-order valence-corrected chi connectivity index (χ4v) is 4.60. The van der Waals surface area contributed by atoms with Crippen LogP contribution in [-0.2, 0) is 11.2 Å². The summed E-state index contributed by atoms with van der Waals surface area (Å²) < 4.78 is 1.00. The Bertz CT molecular complexity index is 1070. The Morgan fingerprint density at radius 2 is 1.93 bits per heavy atom. The maximum atomic E-state index is 12.7. The van der Waals surface area contributed by atoms with Gasteiger partial charge in [-0.1, -0.05) is 53.7 Å². The quantitative estimate of drug-likeness (QED) is 0.393. The second kappa shape index (κ2) is 10.2. The minimum atomic E-state index is -0.418. The van der Waals surface area contributed by atoms with Gasteiger partial charge in [-0.3, -0.25) is 4.79 Å². The summed E-state index contributed by atoms with van der Waals surface area (Å²) in [6, 6.07) is 13.7. The third-order valence-corrected chi connectivity index (χ3v) is 6.58. The van der Waals surface area contributed by atoms with Gasteiger partial charge in [0, 0.05) is 21.1 Å². The number of aromatic nitrogens is 2. The molecule has 0 radical (unpaired) electrons. The number of pyridine rings is 1. The van der Waals surface area contributed by atoms with Crippen molar-refractivity contribution in [3.8, 4) is 17.3 Å². The fraction of sp³-hybridized carbons (Fsp3) is 0.273. The number of carbonyl (C=O) groups excluding carboxylic acids is 1. The van der Waals surface area contributed by atoms with Crippen molar-refractivity contribution in [2.24, 2.45) is 5.92 Å². The van der Waals surface area contributed by atoms with Gasteiger partial charge in [-0.15, -0.1) is 11.3 Å². The minimum Gasteiger partial charge on any atom is -0.301 e. The van der Waals surface area contributed by atoms with Gasteiger partial charge in [-0.2, -0.15) is 5.26 Å². The molecule has 0 aliphatic heterocycles. The molecule has 0 saturated carbocycles. The van der Waals surface area contributed by atoms with Crippen molar-refractivity contribution in [2.45, 2.75) is 37.5 Å². The maximum absolute atomic E-state index is 12.7. The Morgan fingerprint density at radius 3 is 2.60 bits per heavy atom. The molecule has 1 N–H and O–H groups in total. The van der Waals surface area contributed by atoms with Crippen molar-refractivity contribution in [3.63, 3.8) is 0 Å². The highest BCUT2D eigenvalue weighted by atomic mass is 79.9. The van der Waals surface area contributed by atoms with Crippen LogP contribution in [0, 0.1) is 17.2 Å². The average Bonchev–Trinajstić information content (AvgIpc) is 3.16. The van der Waals surface area contributed by atoms with Gasteiger partial charge in [0.1, 0.15) is 11.1 Å². The van der Waals surface area contributed by atoms with Crippen molar-refractivity contribution in [2.75, 3.05) is 5.32 Å². The molecule has 3 rings (SSSR count). The summed E-state index contributed by atoms with van der Waals surface area (Å²) in [4.78, 5) is 21.8. The number of nitriles is 1. The number of carbonyl (C=O) groups is 1. The van der Waals surface area contributed by atoms with E-state index in [0.29, 0.717) is 21.6 Å². The predicted octanol–water partition coefficient (Wildman–Crippen LogP) is 6.16.